The summed E-state index contributed by atoms with van der Waals surface area (Å²) in [5.74, 6) is 2.14. The molecule has 0 N–H and O–H groups in total. The summed E-state index contributed by atoms with van der Waals surface area (Å²) >= 11 is 0. The maximum absolute atomic E-state index is 12.0. The van der Waals surface area contributed by atoms with Crippen LogP contribution in [0.1, 0.15) is 17.3 Å². The molecule has 18 heavy (non-hydrogen) atoms. The standard InChI is InChI=1S/C14H16O3Si/c1-11(15)17-14-8-6-5-7-12(14)13(16)9-10-18(2,3)4/h5-8H,1-4H3. The van der Waals surface area contributed by atoms with Gasteiger partial charge in [-0.05, 0) is 18.1 Å². The fourth-order valence-corrected chi connectivity index (χ4v) is 1.70. The van der Waals surface area contributed by atoms with Crippen molar-refractivity contribution in [1.29, 1.82) is 0 Å². The number of ether oxygens (including phenoxy) is 1. The largest absolute Gasteiger partial charge is 0.426 e. The third-order valence-electron chi connectivity index (χ3n) is 1.94. The highest BCUT2D eigenvalue weighted by Gasteiger charge is 2.13. The van der Waals surface area contributed by atoms with Gasteiger partial charge < -0.3 is 4.74 Å². The highest BCUT2D eigenvalue weighted by Crippen LogP contribution is 2.18. The topological polar surface area (TPSA) is 43.4 Å². The Bertz CT molecular complexity index is 530. The molecule has 0 spiro atoms. The van der Waals surface area contributed by atoms with Crippen LogP contribution < -0.4 is 4.74 Å². The van der Waals surface area contributed by atoms with Crippen molar-refractivity contribution in [1.82, 2.24) is 0 Å². The second-order valence-electron chi connectivity index (χ2n) is 4.92. The molecule has 1 aromatic rings. The molecule has 94 valence electrons. The summed E-state index contributed by atoms with van der Waals surface area (Å²) in [7, 11) is -1.59. The summed E-state index contributed by atoms with van der Waals surface area (Å²) in [5, 5.41) is 0. The molecule has 0 saturated carbocycles. The summed E-state index contributed by atoms with van der Waals surface area (Å²) in [6.45, 7) is 7.48. The number of hydrogen-bond donors (Lipinski definition) is 0. The first-order valence-electron chi connectivity index (χ1n) is 5.64. The average Bonchev–Trinajstić information content (AvgIpc) is 2.25. The zero-order chi connectivity index (χ0) is 13.8. The molecule has 0 atom stereocenters. The molecule has 0 saturated heterocycles. The number of esters is 1. The fourth-order valence-electron chi connectivity index (χ4n) is 1.21. The average molecular weight is 260 g/mol. The van der Waals surface area contributed by atoms with Gasteiger partial charge in [-0.15, -0.1) is 5.54 Å². The zero-order valence-corrected chi connectivity index (χ0v) is 12.0. The summed E-state index contributed by atoms with van der Waals surface area (Å²) in [5.41, 5.74) is 3.33. The van der Waals surface area contributed by atoms with Crippen molar-refractivity contribution >= 4 is 19.8 Å². The van der Waals surface area contributed by atoms with Crippen LogP contribution in [0, 0.1) is 11.5 Å². The first-order chi connectivity index (χ1) is 8.29. The van der Waals surface area contributed by atoms with Crippen LogP contribution in [0.3, 0.4) is 0 Å². The molecule has 0 radical (unpaired) electrons. The summed E-state index contributed by atoms with van der Waals surface area (Å²) in [6, 6.07) is 6.63. The molecule has 0 aliphatic rings. The van der Waals surface area contributed by atoms with Gasteiger partial charge in [-0.3, -0.25) is 9.59 Å². The Morgan fingerprint density at radius 1 is 1.17 bits per heavy atom. The van der Waals surface area contributed by atoms with Crippen LogP contribution in [0.5, 0.6) is 5.75 Å². The minimum atomic E-state index is -1.59. The Labute approximate surface area is 108 Å². The van der Waals surface area contributed by atoms with Gasteiger partial charge in [0, 0.05) is 6.92 Å². The Balaban J connectivity index is 3.05. The molecular formula is C14H16O3Si. The van der Waals surface area contributed by atoms with Crippen molar-refractivity contribution in [3.05, 3.63) is 29.8 Å². The molecule has 4 heteroatoms. The van der Waals surface area contributed by atoms with Gasteiger partial charge in [-0.2, -0.15) is 0 Å². The van der Waals surface area contributed by atoms with Crippen molar-refractivity contribution in [2.75, 3.05) is 0 Å². The number of carbonyl (C=O) groups is 2. The van der Waals surface area contributed by atoms with Gasteiger partial charge in [-0.25, -0.2) is 0 Å². The zero-order valence-electron chi connectivity index (χ0n) is 11.0. The quantitative estimate of drug-likeness (QED) is 0.270. The van der Waals surface area contributed by atoms with Crippen molar-refractivity contribution in [3.63, 3.8) is 0 Å². The van der Waals surface area contributed by atoms with Gasteiger partial charge in [0.25, 0.3) is 0 Å². The molecule has 3 nitrogen and oxygen atoms in total. The van der Waals surface area contributed by atoms with Gasteiger partial charge in [0.05, 0.1) is 5.56 Å². The van der Waals surface area contributed by atoms with E-state index in [1.165, 1.54) is 6.92 Å². The molecule has 0 heterocycles. The minimum absolute atomic E-state index is 0.264. The number of para-hydroxylation sites is 1. The number of ketones is 1. The van der Waals surface area contributed by atoms with Crippen molar-refractivity contribution in [2.45, 2.75) is 26.6 Å². The predicted molar refractivity (Wildman–Crippen MR) is 73.2 cm³/mol. The van der Waals surface area contributed by atoms with Crippen LogP contribution in [0.4, 0.5) is 0 Å². The van der Waals surface area contributed by atoms with Crippen molar-refractivity contribution in [3.8, 4) is 17.2 Å². The van der Waals surface area contributed by atoms with E-state index in [9.17, 15) is 9.59 Å². The Kier molecular flexibility index (Phi) is 4.46. The minimum Gasteiger partial charge on any atom is -0.426 e. The van der Waals surface area contributed by atoms with E-state index in [1.54, 1.807) is 24.3 Å². The lowest BCUT2D eigenvalue weighted by Crippen LogP contribution is -2.17. The first kappa shape index (κ1) is 14.2. The highest BCUT2D eigenvalue weighted by molar-refractivity contribution is 6.84. The molecule has 0 unspecified atom stereocenters. The van der Waals surface area contributed by atoms with E-state index in [-0.39, 0.29) is 11.5 Å². The van der Waals surface area contributed by atoms with E-state index >= 15 is 0 Å². The molecule has 0 aliphatic heterocycles. The smallest absolute Gasteiger partial charge is 0.308 e. The van der Waals surface area contributed by atoms with Crippen LogP contribution in [0.15, 0.2) is 24.3 Å². The van der Waals surface area contributed by atoms with E-state index < -0.39 is 14.0 Å². The second kappa shape index (κ2) is 5.65. The molecule has 0 amide bonds. The molecule has 1 rings (SSSR count). The van der Waals surface area contributed by atoms with Crippen LogP contribution in [0.25, 0.3) is 0 Å². The molecule has 0 bridgehead atoms. The fraction of sp³-hybridized carbons (Fsp3) is 0.286. The Hall–Kier alpha value is -1.86. The Morgan fingerprint density at radius 2 is 1.78 bits per heavy atom. The lowest BCUT2D eigenvalue weighted by molar-refractivity contribution is -0.131. The molecular weight excluding hydrogens is 244 g/mol. The molecule has 0 fully saturated rings. The van der Waals surface area contributed by atoms with Gasteiger partial charge in [0.2, 0.25) is 5.78 Å². The number of carbonyl (C=O) groups excluding carboxylic acids is 2. The van der Waals surface area contributed by atoms with Crippen molar-refractivity contribution in [2.24, 2.45) is 0 Å². The number of rotatable bonds is 2. The third kappa shape index (κ3) is 4.56. The normalized spacial score (nSPS) is 10.2. The number of benzene rings is 1. The first-order valence-corrected chi connectivity index (χ1v) is 9.14. The monoisotopic (exact) mass is 260 g/mol. The van der Waals surface area contributed by atoms with Gasteiger partial charge in [-0.1, -0.05) is 31.8 Å². The maximum atomic E-state index is 12.0. The summed E-state index contributed by atoms with van der Waals surface area (Å²) < 4.78 is 4.98. The summed E-state index contributed by atoms with van der Waals surface area (Å²) in [4.78, 5) is 22.9. The van der Waals surface area contributed by atoms with Gasteiger partial charge in [0.1, 0.15) is 13.8 Å². The maximum Gasteiger partial charge on any atom is 0.308 e. The second-order valence-corrected chi connectivity index (χ2v) is 9.67. The highest BCUT2D eigenvalue weighted by atomic mass is 28.3. The van der Waals surface area contributed by atoms with Crippen molar-refractivity contribution < 1.29 is 14.3 Å². The Morgan fingerprint density at radius 3 is 2.33 bits per heavy atom. The van der Waals surface area contributed by atoms with Crippen LogP contribution in [-0.2, 0) is 4.79 Å². The van der Waals surface area contributed by atoms with E-state index in [4.69, 9.17) is 4.74 Å². The number of Topliss-reactive ketones (excluding diaryl/α,β-unsaturated/α-hetero) is 1. The lowest BCUT2D eigenvalue weighted by atomic mass is 10.1. The lowest BCUT2D eigenvalue weighted by Gasteiger charge is -2.06. The predicted octanol–water partition coefficient (Wildman–Crippen LogP) is 2.68. The van der Waals surface area contributed by atoms with Gasteiger partial charge in [0.15, 0.2) is 0 Å². The molecule has 0 aromatic heterocycles. The van der Waals surface area contributed by atoms with Crippen LogP contribution in [-0.4, -0.2) is 19.8 Å². The van der Waals surface area contributed by atoms with E-state index in [0.29, 0.717) is 5.56 Å². The summed E-state index contributed by atoms with van der Waals surface area (Å²) in [6.07, 6.45) is 0. The van der Waals surface area contributed by atoms with Crippen LogP contribution in [0.2, 0.25) is 19.6 Å². The van der Waals surface area contributed by atoms with E-state index in [0.717, 1.165) is 0 Å². The molecule has 0 aliphatic carbocycles. The van der Waals surface area contributed by atoms with Crippen LogP contribution >= 0.6 is 0 Å². The van der Waals surface area contributed by atoms with E-state index in [2.05, 4.69) is 31.1 Å². The SMILES string of the molecule is CC(=O)Oc1ccccc1C(=O)C#C[Si](C)(C)C. The molecule has 1 aromatic carbocycles. The third-order valence-corrected chi connectivity index (χ3v) is 2.81. The number of hydrogen-bond acceptors (Lipinski definition) is 3. The van der Waals surface area contributed by atoms with E-state index in [1.807, 2.05) is 0 Å². The van der Waals surface area contributed by atoms with Gasteiger partial charge >= 0.3 is 5.97 Å².